The summed E-state index contributed by atoms with van der Waals surface area (Å²) in [7, 11) is 1.82. The van der Waals surface area contributed by atoms with Crippen LogP contribution in [0, 0.1) is 12.7 Å². The van der Waals surface area contributed by atoms with Crippen LogP contribution >= 0.6 is 0 Å². The van der Waals surface area contributed by atoms with E-state index in [0.29, 0.717) is 11.3 Å². The number of halogens is 1. The average Bonchev–Trinajstić information content (AvgIpc) is 2.87. The van der Waals surface area contributed by atoms with Crippen LogP contribution in [0.25, 0.3) is 0 Å². The van der Waals surface area contributed by atoms with Crippen molar-refractivity contribution in [3.63, 3.8) is 0 Å². The Morgan fingerprint density at radius 2 is 1.71 bits per heavy atom. The SMILES string of the molecule is Cc1ccccc1C(C(=O)N(C)C1CCCCC1)N(C(=O)c1ccccn1)c1cccc(F)c1. The molecule has 1 aliphatic rings. The number of carbonyl (C=O) groups is 2. The lowest BCUT2D eigenvalue weighted by molar-refractivity contribution is -0.134. The van der Waals surface area contributed by atoms with Gasteiger partial charge in [0.2, 0.25) is 5.91 Å². The molecule has 1 aromatic heterocycles. The summed E-state index contributed by atoms with van der Waals surface area (Å²) in [6, 6.07) is 17.6. The predicted octanol–water partition coefficient (Wildman–Crippen LogP) is 5.71. The first-order chi connectivity index (χ1) is 16.5. The lowest BCUT2D eigenvalue weighted by Crippen LogP contribution is -2.48. The molecule has 3 aromatic rings. The lowest BCUT2D eigenvalue weighted by Gasteiger charge is -2.38. The second kappa shape index (κ2) is 10.6. The summed E-state index contributed by atoms with van der Waals surface area (Å²) in [6.45, 7) is 1.92. The Labute approximate surface area is 200 Å². The third kappa shape index (κ3) is 5.01. The molecule has 176 valence electrons. The molecule has 0 aliphatic heterocycles. The van der Waals surface area contributed by atoms with Crippen LogP contribution in [0.5, 0.6) is 0 Å². The molecule has 6 heteroatoms. The van der Waals surface area contributed by atoms with E-state index in [1.165, 1.54) is 29.7 Å². The number of pyridine rings is 1. The van der Waals surface area contributed by atoms with Crippen molar-refractivity contribution < 1.29 is 14.0 Å². The lowest BCUT2D eigenvalue weighted by atomic mass is 9.92. The number of hydrogen-bond donors (Lipinski definition) is 0. The molecule has 0 radical (unpaired) electrons. The molecule has 4 rings (SSSR count). The van der Waals surface area contributed by atoms with Gasteiger partial charge in [-0.25, -0.2) is 4.39 Å². The average molecular weight is 460 g/mol. The molecule has 0 saturated heterocycles. The number of likely N-dealkylation sites (N-methyl/N-ethyl adjacent to an activating group) is 1. The first kappa shape index (κ1) is 23.6. The first-order valence-corrected chi connectivity index (χ1v) is 11.8. The van der Waals surface area contributed by atoms with E-state index in [1.807, 2.05) is 38.2 Å². The smallest absolute Gasteiger partial charge is 0.277 e. The minimum Gasteiger partial charge on any atom is -0.341 e. The molecule has 1 fully saturated rings. The number of aryl methyl sites for hydroxylation is 1. The highest BCUT2D eigenvalue weighted by Gasteiger charge is 2.38. The van der Waals surface area contributed by atoms with Gasteiger partial charge in [0.05, 0.1) is 0 Å². The second-order valence-corrected chi connectivity index (χ2v) is 8.87. The van der Waals surface area contributed by atoms with Crippen molar-refractivity contribution in [3.05, 3.63) is 95.6 Å². The van der Waals surface area contributed by atoms with Crippen molar-refractivity contribution in [1.29, 1.82) is 0 Å². The van der Waals surface area contributed by atoms with E-state index in [4.69, 9.17) is 0 Å². The zero-order valence-electron chi connectivity index (χ0n) is 19.7. The van der Waals surface area contributed by atoms with Crippen molar-refractivity contribution in [2.75, 3.05) is 11.9 Å². The molecular weight excluding hydrogens is 429 g/mol. The fourth-order valence-electron chi connectivity index (χ4n) is 4.74. The quantitative estimate of drug-likeness (QED) is 0.475. The number of aromatic nitrogens is 1. The van der Waals surface area contributed by atoms with Crippen LogP contribution in [0.15, 0.2) is 72.9 Å². The van der Waals surface area contributed by atoms with E-state index in [2.05, 4.69) is 4.98 Å². The zero-order chi connectivity index (χ0) is 24.1. The monoisotopic (exact) mass is 459 g/mol. The molecule has 0 bridgehead atoms. The predicted molar refractivity (Wildman–Crippen MR) is 131 cm³/mol. The van der Waals surface area contributed by atoms with Crippen LogP contribution in [0.1, 0.15) is 59.8 Å². The van der Waals surface area contributed by atoms with Gasteiger partial charge in [-0.05, 0) is 61.2 Å². The van der Waals surface area contributed by atoms with Crippen LogP contribution in [0.2, 0.25) is 0 Å². The minimum atomic E-state index is -0.954. The Hall–Kier alpha value is -3.54. The molecule has 1 saturated carbocycles. The standard InChI is InChI=1S/C28H30FN3O2/c1-20-11-6-7-16-24(20)26(28(34)31(2)22-13-4-3-5-14-22)32(23-15-10-12-21(29)19-23)27(33)25-17-8-9-18-30-25/h6-12,15-19,22,26H,3-5,13-14H2,1-2H3. The van der Waals surface area contributed by atoms with Gasteiger partial charge in [-0.3, -0.25) is 19.5 Å². The molecule has 1 unspecified atom stereocenters. The van der Waals surface area contributed by atoms with E-state index < -0.39 is 17.8 Å². The largest absolute Gasteiger partial charge is 0.341 e. The van der Waals surface area contributed by atoms with Crippen molar-refractivity contribution >= 4 is 17.5 Å². The number of carbonyl (C=O) groups excluding carboxylic acids is 2. The van der Waals surface area contributed by atoms with Crippen LogP contribution in [-0.4, -0.2) is 34.8 Å². The Morgan fingerprint density at radius 3 is 2.38 bits per heavy atom. The summed E-state index contributed by atoms with van der Waals surface area (Å²) in [6.07, 6.45) is 6.76. The normalized spacial score (nSPS) is 14.9. The maximum atomic E-state index is 14.3. The van der Waals surface area contributed by atoms with Gasteiger partial charge in [0.15, 0.2) is 0 Å². The molecule has 2 aromatic carbocycles. The Kier molecular flexibility index (Phi) is 7.36. The molecule has 0 spiro atoms. The number of amides is 2. The minimum absolute atomic E-state index is 0.118. The number of anilines is 1. The Morgan fingerprint density at radius 1 is 0.971 bits per heavy atom. The van der Waals surface area contributed by atoms with Gasteiger partial charge in [0.25, 0.3) is 5.91 Å². The molecular formula is C28H30FN3O2. The van der Waals surface area contributed by atoms with Crippen molar-refractivity contribution in [3.8, 4) is 0 Å². The van der Waals surface area contributed by atoms with Gasteiger partial charge in [-0.1, -0.05) is 55.7 Å². The fourth-order valence-corrected chi connectivity index (χ4v) is 4.74. The molecule has 1 atom stereocenters. The fraction of sp³-hybridized carbons (Fsp3) is 0.321. The van der Waals surface area contributed by atoms with E-state index in [-0.39, 0.29) is 17.6 Å². The van der Waals surface area contributed by atoms with E-state index in [1.54, 1.807) is 35.2 Å². The molecule has 5 nitrogen and oxygen atoms in total. The zero-order valence-corrected chi connectivity index (χ0v) is 19.7. The van der Waals surface area contributed by atoms with Gasteiger partial charge < -0.3 is 4.90 Å². The van der Waals surface area contributed by atoms with Gasteiger partial charge in [-0.15, -0.1) is 0 Å². The van der Waals surface area contributed by atoms with Crippen LogP contribution in [-0.2, 0) is 4.79 Å². The number of rotatable bonds is 6. The number of nitrogens with zero attached hydrogens (tertiary/aromatic N) is 3. The third-order valence-corrected chi connectivity index (χ3v) is 6.63. The molecule has 0 N–H and O–H groups in total. The summed E-state index contributed by atoms with van der Waals surface area (Å²) in [5, 5.41) is 0. The van der Waals surface area contributed by atoms with E-state index >= 15 is 0 Å². The van der Waals surface area contributed by atoms with E-state index in [0.717, 1.165) is 31.2 Å². The highest BCUT2D eigenvalue weighted by molar-refractivity contribution is 6.09. The van der Waals surface area contributed by atoms with Gasteiger partial charge >= 0.3 is 0 Å². The second-order valence-electron chi connectivity index (χ2n) is 8.87. The van der Waals surface area contributed by atoms with Crippen molar-refractivity contribution in [2.24, 2.45) is 0 Å². The van der Waals surface area contributed by atoms with Crippen LogP contribution in [0.4, 0.5) is 10.1 Å². The highest BCUT2D eigenvalue weighted by Crippen LogP contribution is 2.34. The van der Waals surface area contributed by atoms with Crippen molar-refractivity contribution in [2.45, 2.75) is 51.1 Å². The molecule has 34 heavy (non-hydrogen) atoms. The maximum Gasteiger partial charge on any atom is 0.277 e. The third-order valence-electron chi connectivity index (χ3n) is 6.63. The topological polar surface area (TPSA) is 53.5 Å². The summed E-state index contributed by atoms with van der Waals surface area (Å²) < 4.78 is 14.3. The maximum absolute atomic E-state index is 14.3. The van der Waals surface area contributed by atoms with Crippen LogP contribution < -0.4 is 4.90 Å². The van der Waals surface area contributed by atoms with Gasteiger partial charge in [-0.2, -0.15) is 0 Å². The van der Waals surface area contributed by atoms with E-state index in [9.17, 15) is 14.0 Å². The first-order valence-electron chi connectivity index (χ1n) is 11.8. The Bertz CT molecular complexity index is 1150. The summed E-state index contributed by atoms with van der Waals surface area (Å²) in [5.74, 6) is -1.12. The molecule has 1 heterocycles. The molecule has 1 aliphatic carbocycles. The number of benzene rings is 2. The van der Waals surface area contributed by atoms with Gasteiger partial charge in [0.1, 0.15) is 17.6 Å². The van der Waals surface area contributed by atoms with Crippen LogP contribution in [0.3, 0.4) is 0 Å². The number of hydrogen-bond acceptors (Lipinski definition) is 3. The molecule has 2 amide bonds. The summed E-state index contributed by atoms with van der Waals surface area (Å²) in [5.41, 5.74) is 2.10. The summed E-state index contributed by atoms with van der Waals surface area (Å²) >= 11 is 0. The summed E-state index contributed by atoms with van der Waals surface area (Å²) in [4.78, 5) is 35.4. The highest BCUT2D eigenvalue weighted by atomic mass is 19.1. The van der Waals surface area contributed by atoms with Crippen molar-refractivity contribution in [1.82, 2.24) is 9.88 Å². The Balaban J connectivity index is 1.86. The van der Waals surface area contributed by atoms with Gasteiger partial charge in [0, 0.05) is 25.0 Å².